The van der Waals surface area contributed by atoms with Crippen LogP contribution in [0.15, 0.2) is 5.38 Å². The third kappa shape index (κ3) is 3.39. The van der Waals surface area contributed by atoms with Gasteiger partial charge in [-0.15, -0.1) is 11.3 Å². The largest absolute Gasteiger partial charge is 0.316 e. The Hall–Kier alpha value is -0.740. The smallest absolute Gasteiger partial charge is 0.139 e. The van der Waals surface area contributed by atoms with Gasteiger partial charge in [-0.05, 0) is 38.8 Å². The highest BCUT2D eigenvalue weighted by atomic mass is 32.1. The Morgan fingerprint density at radius 2 is 2.56 bits per heavy atom. The highest BCUT2D eigenvalue weighted by Gasteiger charge is 2.17. The number of piperidine rings is 1. The first-order valence-corrected chi connectivity index (χ1v) is 6.75. The van der Waals surface area contributed by atoms with Gasteiger partial charge in [0.05, 0.1) is 10.7 Å². The quantitative estimate of drug-likeness (QED) is 0.872. The van der Waals surface area contributed by atoms with E-state index >= 15 is 0 Å². The summed E-state index contributed by atoms with van der Waals surface area (Å²) in [5.41, 5.74) is 0.941. The number of rotatable bonds is 4. The van der Waals surface area contributed by atoms with E-state index in [1.807, 2.05) is 12.3 Å². The molecular weight excluding hydrogens is 220 g/mol. The molecule has 0 spiro atoms. The number of aromatic nitrogens is 1. The zero-order valence-corrected chi connectivity index (χ0v) is 10.5. The summed E-state index contributed by atoms with van der Waals surface area (Å²) in [6.45, 7) is 4.08. The van der Waals surface area contributed by atoms with Gasteiger partial charge in [0.15, 0.2) is 0 Å². The number of hydrogen-bond acceptors (Lipinski definition) is 4. The number of Topliss-reactive ketones (excluding diaryl/α,β-unsaturated/α-hetero) is 1. The first-order valence-electron chi connectivity index (χ1n) is 5.87. The summed E-state index contributed by atoms with van der Waals surface area (Å²) in [6, 6.07) is 0. The van der Waals surface area contributed by atoms with Crippen LogP contribution in [0.3, 0.4) is 0 Å². The molecule has 1 aromatic heterocycles. The molecule has 0 amide bonds. The fraction of sp³-hybridized carbons (Fsp3) is 0.667. The Kier molecular flexibility index (Phi) is 4.07. The van der Waals surface area contributed by atoms with Crippen LogP contribution in [0, 0.1) is 12.8 Å². The molecule has 1 saturated heterocycles. The fourth-order valence-corrected chi connectivity index (χ4v) is 2.80. The Morgan fingerprint density at radius 3 is 3.19 bits per heavy atom. The van der Waals surface area contributed by atoms with Crippen LogP contribution in [0.4, 0.5) is 0 Å². The number of carbonyl (C=O) groups excluding carboxylic acids is 1. The molecule has 4 heteroatoms. The van der Waals surface area contributed by atoms with Crippen molar-refractivity contribution in [1.29, 1.82) is 0 Å². The lowest BCUT2D eigenvalue weighted by Gasteiger charge is -2.21. The van der Waals surface area contributed by atoms with Crippen LogP contribution in [0.2, 0.25) is 0 Å². The van der Waals surface area contributed by atoms with Gasteiger partial charge in [-0.25, -0.2) is 4.98 Å². The third-order valence-electron chi connectivity index (χ3n) is 2.96. The molecule has 2 heterocycles. The summed E-state index contributed by atoms with van der Waals surface area (Å²) >= 11 is 1.62. The lowest BCUT2D eigenvalue weighted by atomic mass is 9.93. The zero-order valence-electron chi connectivity index (χ0n) is 9.66. The summed E-state index contributed by atoms with van der Waals surface area (Å²) in [6.07, 6.45) is 3.62. The Labute approximate surface area is 100 Å². The van der Waals surface area contributed by atoms with Crippen LogP contribution >= 0.6 is 11.3 Å². The summed E-state index contributed by atoms with van der Waals surface area (Å²) in [4.78, 5) is 16.2. The second-order valence-electron chi connectivity index (χ2n) is 4.49. The summed E-state index contributed by atoms with van der Waals surface area (Å²) < 4.78 is 0. The zero-order chi connectivity index (χ0) is 11.4. The lowest BCUT2D eigenvalue weighted by molar-refractivity contribution is -0.119. The van der Waals surface area contributed by atoms with Gasteiger partial charge in [-0.1, -0.05) is 0 Å². The topological polar surface area (TPSA) is 42.0 Å². The standard InChI is InChI=1S/C12H18N2OS/c1-9-14-11(8-16-9)6-12(15)5-10-3-2-4-13-7-10/h8,10,13H,2-7H2,1H3. The van der Waals surface area contributed by atoms with Gasteiger partial charge in [0.2, 0.25) is 0 Å². The normalized spacial score (nSPS) is 20.9. The number of carbonyl (C=O) groups is 1. The molecule has 0 aliphatic carbocycles. The molecule has 1 fully saturated rings. The van der Waals surface area contributed by atoms with Crippen LogP contribution in [-0.2, 0) is 11.2 Å². The number of nitrogens with one attached hydrogen (secondary N) is 1. The molecular formula is C12H18N2OS. The summed E-state index contributed by atoms with van der Waals surface area (Å²) in [5.74, 6) is 0.875. The van der Waals surface area contributed by atoms with Crippen molar-refractivity contribution in [3.8, 4) is 0 Å². The molecule has 1 atom stereocenters. The highest BCUT2D eigenvalue weighted by molar-refractivity contribution is 7.09. The van der Waals surface area contributed by atoms with Crippen molar-refractivity contribution in [1.82, 2.24) is 10.3 Å². The van der Waals surface area contributed by atoms with E-state index in [0.717, 1.165) is 23.8 Å². The van der Waals surface area contributed by atoms with E-state index in [9.17, 15) is 4.79 Å². The molecule has 2 rings (SSSR count). The van der Waals surface area contributed by atoms with E-state index < -0.39 is 0 Å². The molecule has 1 aliphatic heterocycles. The molecule has 16 heavy (non-hydrogen) atoms. The van der Waals surface area contributed by atoms with E-state index in [1.54, 1.807) is 11.3 Å². The molecule has 0 saturated carbocycles. The number of nitrogens with zero attached hydrogens (tertiary/aromatic N) is 1. The molecule has 0 radical (unpaired) electrons. The average molecular weight is 238 g/mol. The first-order chi connectivity index (χ1) is 7.74. The second kappa shape index (κ2) is 5.55. The summed E-state index contributed by atoms with van der Waals surface area (Å²) in [5, 5.41) is 6.38. The van der Waals surface area contributed by atoms with Gasteiger partial charge in [0.1, 0.15) is 5.78 Å². The van der Waals surface area contributed by atoms with Crippen LogP contribution in [0.25, 0.3) is 0 Å². The number of ketones is 1. The van der Waals surface area contributed by atoms with Gasteiger partial charge >= 0.3 is 0 Å². The van der Waals surface area contributed by atoms with Gasteiger partial charge in [0.25, 0.3) is 0 Å². The van der Waals surface area contributed by atoms with Gasteiger partial charge < -0.3 is 5.32 Å². The van der Waals surface area contributed by atoms with Crippen molar-refractivity contribution in [2.75, 3.05) is 13.1 Å². The molecule has 3 nitrogen and oxygen atoms in total. The Morgan fingerprint density at radius 1 is 1.69 bits per heavy atom. The molecule has 1 unspecified atom stereocenters. The molecule has 1 aliphatic rings. The first kappa shape index (κ1) is 11.7. The minimum Gasteiger partial charge on any atom is -0.316 e. The average Bonchev–Trinajstić information content (AvgIpc) is 2.65. The minimum absolute atomic E-state index is 0.332. The second-order valence-corrected chi connectivity index (χ2v) is 5.55. The third-order valence-corrected chi connectivity index (χ3v) is 3.78. The monoisotopic (exact) mass is 238 g/mol. The number of aryl methyl sites for hydroxylation is 1. The van der Waals surface area contributed by atoms with Crippen molar-refractivity contribution in [2.24, 2.45) is 5.92 Å². The van der Waals surface area contributed by atoms with E-state index in [0.29, 0.717) is 24.5 Å². The van der Waals surface area contributed by atoms with E-state index in [-0.39, 0.29) is 0 Å². The van der Waals surface area contributed by atoms with Crippen molar-refractivity contribution >= 4 is 17.1 Å². The van der Waals surface area contributed by atoms with E-state index in [2.05, 4.69) is 10.3 Å². The maximum absolute atomic E-state index is 11.8. The van der Waals surface area contributed by atoms with E-state index in [1.165, 1.54) is 12.8 Å². The van der Waals surface area contributed by atoms with Crippen molar-refractivity contribution < 1.29 is 4.79 Å². The van der Waals surface area contributed by atoms with Gasteiger partial charge in [-0.3, -0.25) is 4.79 Å². The lowest BCUT2D eigenvalue weighted by Crippen LogP contribution is -2.31. The SMILES string of the molecule is Cc1nc(CC(=O)CC2CCCNC2)cs1. The predicted octanol–water partition coefficient (Wildman–Crippen LogP) is 1.95. The highest BCUT2D eigenvalue weighted by Crippen LogP contribution is 2.16. The molecule has 88 valence electrons. The number of thiazole rings is 1. The number of hydrogen-bond donors (Lipinski definition) is 1. The van der Waals surface area contributed by atoms with Crippen LogP contribution < -0.4 is 5.32 Å². The van der Waals surface area contributed by atoms with Crippen molar-refractivity contribution in [3.63, 3.8) is 0 Å². The van der Waals surface area contributed by atoms with Crippen LogP contribution in [-0.4, -0.2) is 23.9 Å². The maximum Gasteiger partial charge on any atom is 0.139 e. The molecule has 1 N–H and O–H groups in total. The Balaban J connectivity index is 1.79. The van der Waals surface area contributed by atoms with Crippen molar-refractivity contribution in [2.45, 2.75) is 32.6 Å². The molecule has 0 bridgehead atoms. The minimum atomic E-state index is 0.332. The Bertz CT molecular complexity index is 356. The fourth-order valence-electron chi connectivity index (χ4n) is 2.18. The van der Waals surface area contributed by atoms with Gasteiger partial charge in [0, 0.05) is 18.2 Å². The maximum atomic E-state index is 11.8. The summed E-state index contributed by atoms with van der Waals surface area (Å²) in [7, 11) is 0. The van der Waals surface area contributed by atoms with Gasteiger partial charge in [-0.2, -0.15) is 0 Å². The van der Waals surface area contributed by atoms with Crippen molar-refractivity contribution in [3.05, 3.63) is 16.1 Å². The predicted molar refractivity (Wildman–Crippen MR) is 65.8 cm³/mol. The van der Waals surface area contributed by atoms with E-state index in [4.69, 9.17) is 0 Å². The van der Waals surface area contributed by atoms with Crippen LogP contribution in [0.5, 0.6) is 0 Å². The molecule has 1 aromatic rings. The van der Waals surface area contributed by atoms with Crippen LogP contribution in [0.1, 0.15) is 30.0 Å². The molecule has 0 aromatic carbocycles.